The second kappa shape index (κ2) is 19.6. The number of likely N-dealkylation sites (tertiary alicyclic amines) is 1. The van der Waals surface area contributed by atoms with E-state index in [1.807, 2.05) is 37.3 Å². The molecule has 1 unspecified atom stereocenters. The minimum atomic E-state index is -1.54. The summed E-state index contributed by atoms with van der Waals surface area (Å²) in [5.74, 6) is -2.29. The lowest BCUT2D eigenvalue weighted by Gasteiger charge is -2.41. The van der Waals surface area contributed by atoms with E-state index in [1.165, 1.54) is 27.9 Å². The van der Waals surface area contributed by atoms with E-state index in [1.54, 1.807) is 27.2 Å². The zero-order valence-corrected chi connectivity index (χ0v) is 40.2. The summed E-state index contributed by atoms with van der Waals surface area (Å²) in [4.78, 5) is 74.7. The van der Waals surface area contributed by atoms with Crippen LogP contribution in [0.25, 0.3) is 33.3 Å². The Bertz CT molecular complexity index is 2520. The molecule has 2 aromatic heterocycles. The molecule has 16 heteroatoms. The van der Waals surface area contributed by atoms with Crippen LogP contribution in [0, 0.1) is 11.3 Å². The number of aromatic nitrogens is 2. The van der Waals surface area contributed by atoms with Crippen LogP contribution in [-0.4, -0.2) is 118 Å². The average molecular weight is 922 g/mol. The van der Waals surface area contributed by atoms with Gasteiger partial charge < -0.3 is 29.0 Å². The zero-order valence-electron chi connectivity index (χ0n) is 39.3. The summed E-state index contributed by atoms with van der Waals surface area (Å²) in [6, 6.07) is 16.2. The second-order valence-electron chi connectivity index (χ2n) is 18.8. The SMILES string of the molecule is C=CC(=O)N1CC(OC(=O)N(C)C(C(=O)N[C@H]2Cc3cccc(c3)-c3ccc4c(c3)c(c(-c3cccnc3[C@H](C)OC)n4CC)CC(C)(C)COC(=O)[C@@]3(S)CCCN(N3)C2=O)C(C)C)C1. The monoisotopic (exact) mass is 921 g/mol. The first-order valence-electron chi connectivity index (χ1n) is 22.7. The van der Waals surface area contributed by atoms with E-state index in [2.05, 4.69) is 66.9 Å². The molecular formula is C50H63N7O8S. The maximum atomic E-state index is 14.7. The molecule has 0 spiro atoms. The number of nitrogens with zero attached hydrogens (tertiary/aromatic N) is 5. The summed E-state index contributed by atoms with van der Waals surface area (Å²) in [5.41, 5.74) is 10.1. The standard InChI is InChI=1S/C50H63N7O8S/c1-10-41(58)55-27-35(28-55)65-48(62)54(8)43(30(3)4)45(59)52-39-24-32-15-12-16-33(23-32)34-18-19-40-37(25-34)38(44(56(40)11-2)36-17-13-21-51-42(36)31(5)63-9)26-49(6,7)29-64-47(61)50(66)20-14-22-57(53-50)46(39)60/h10,12-13,15-19,21,23,25,30-31,35,39,43,53,66H,1,11,14,20,22,24,26-29H2,2-9H3,(H,52,59)/t31-,39-,43?,50-/m0/s1. The van der Waals surface area contributed by atoms with Crippen LogP contribution in [0.5, 0.6) is 0 Å². The third kappa shape index (κ3) is 9.86. The molecule has 2 aromatic carbocycles. The molecule has 2 saturated heterocycles. The van der Waals surface area contributed by atoms with Gasteiger partial charge in [-0.3, -0.25) is 29.3 Å². The smallest absolute Gasteiger partial charge is 0.410 e. The van der Waals surface area contributed by atoms with Gasteiger partial charge in [0.05, 0.1) is 37.2 Å². The maximum Gasteiger partial charge on any atom is 0.410 e. The van der Waals surface area contributed by atoms with Crippen molar-refractivity contribution >= 4 is 53.3 Å². The molecule has 2 N–H and O–H groups in total. The minimum Gasteiger partial charge on any atom is -0.463 e. The van der Waals surface area contributed by atoms with E-state index in [-0.39, 0.29) is 50.6 Å². The van der Waals surface area contributed by atoms with Crippen molar-refractivity contribution in [1.82, 2.24) is 35.1 Å². The van der Waals surface area contributed by atoms with Crippen LogP contribution in [0.15, 0.2) is 73.4 Å². The van der Waals surface area contributed by atoms with Gasteiger partial charge in [0, 0.05) is 61.7 Å². The van der Waals surface area contributed by atoms with Gasteiger partial charge in [-0.15, -0.1) is 12.6 Å². The summed E-state index contributed by atoms with van der Waals surface area (Å²) in [7, 11) is 3.16. The number of hydrogen-bond donors (Lipinski definition) is 3. The van der Waals surface area contributed by atoms with Crippen LogP contribution in [0.4, 0.5) is 4.79 Å². The number of ether oxygens (including phenoxy) is 3. The van der Waals surface area contributed by atoms with E-state index >= 15 is 0 Å². The summed E-state index contributed by atoms with van der Waals surface area (Å²) in [6.07, 6.45) is 2.83. The van der Waals surface area contributed by atoms with Crippen molar-refractivity contribution in [2.45, 2.75) is 103 Å². The lowest BCUT2D eigenvalue weighted by molar-refractivity contribution is -0.157. The number of benzene rings is 2. The molecule has 7 rings (SSSR count). The van der Waals surface area contributed by atoms with Gasteiger partial charge in [-0.25, -0.2) is 15.0 Å². The van der Waals surface area contributed by atoms with Crippen molar-refractivity contribution in [3.8, 4) is 22.4 Å². The lowest BCUT2D eigenvalue weighted by Crippen LogP contribution is -2.65. The Morgan fingerprint density at radius 2 is 1.83 bits per heavy atom. The van der Waals surface area contributed by atoms with Gasteiger partial charge in [0.25, 0.3) is 5.91 Å². The van der Waals surface area contributed by atoms with Crippen molar-refractivity contribution in [3.63, 3.8) is 0 Å². The Hall–Kier alpha value is -5.71. The summed E-state index contributed by atoms with van der Waals surface area (Å²) >= 11 is 4.84. The van der Waals surface area contributed by atoms with Crippen molar-refractivity contribution in [3.05, 3.63) is 90.3 Å². The highest BCUT2D eigenvalue weighted by Crippen LogP contribution is 2.42. The Kier molecular flexibility index (Phi) is 14.3. The first-order valence-corrected chi connectivity index (χ1v) is 23.2. The van der Waals surface area contributed by atoms with E-state index in [0.717, 1.165) is 50.1 Å². The van der Waals surface area contributed by atoms with Gasteiger partial charge >= 0.3 is 12.1 Å². The fraction of sp³-hybridized carbons (Fsp3) is 0.480. The first kappa shape index (κ1) is 48.2. The number of nitrogens with one attached hydrogen (secondary N) is 2. The lowest BCUT2D eigenvalue weighted by atomic mass is 9.84. The van der Waals surface area contributed by atoms with Crippen LogP contribution in [0.1, 0.15) is 77.3 Å². The number of fused-ring (bicyclic) bond motifs is 6. The molecule has 3 aliphatic rings. The number of amides is 4. The predicted molar refractivity (Wildman–Crippen MR) is 255 cm³/mol. The predicted octanol–water partition coefficient (Wildman–Crippen LogP) is 6.49. The van der Waals surface area contributed by atoms with Crippen molar-refractivity contribution in [2.75, 3.05) is 40.4 Å². The number of likely N-dealkylation sites (N-methyl/N-ethyl adjacent to an activating group) is 1. The number of pyridine rings is 1. The van der Waals surface area contributed by atoms with Crippen molar-refractivity contribution < 1.29 is 38.2 Å². The highest BCUT2D eigenvalue weighted by Gasteiger charge is 2.45. The van der Waals surface area contributed by atoms with Gasteiger partial charge in [0.15, 0.2) is 4.87 Å². The Labute approximate surface area is 392 Å². The van der Waals surface area contributed by atoms with Crippen LogP contribution in [0.3, 0.4) is 0 Å². The van der Waals surface area contributed by atoms with E-state index in [4.69, 9.17) is 31.8 Å². The number of methoxy groups -OCH3 is 1. The normalized spacial score (nSPS) is 21.0. The molecule has 352 valence electrons. The van der Waals surface area contributed by atoms with Gasteiger partial charge in [-0.05, 0) is 91.6 Å². The molecule has 3 aliphatic heterocycles. The average Bonchev–Trinajstić information content (AvgIpc) is 3.59. The molecule has 15 nitrogen and oxygen atoms in total. The first-order chi connectivity index (χ1) is 31.4. The van der Waals surface area contributed by atoms with Crippen LogP contribution >= 0.6 is 12.6 Å². The number of rotatable bonds is 10. The Morgan fingerprint density at radius 1 is 1.09 bits per heavy atom. The molecule has 4 atom stereocenters. The summed E-state index contributed by atoms with van der Waals surface area (Å²) in [6.45, 7) is 16.8. The molecule has 0 radical (unpaired) electrons. The van der Waals surface area contributed by atoms with E-state index < -0.39 is 52.4 Å². The molecule has 2 fully saturated rings. The Morgan fingerprint density at radius 3 is 2.53 bits per heavy atom. The van der Waals surface area contributed by atoms with Gasteiger partial charge in [0.1, 0.15) is 18.2 Å². The fourth-order valence-corrected chi connectivity index (χ4v) is 9.71. The van der Waals surface area contributed by atoms with E-state index in [0.29, 0.717) is 25.8 Å². The maximum absolute atomic E-state index is 14.7. The number of thiol groups is 1. The number of esters is 1. The van der Waals surface area contributed by atoms with Crippen LogP contribution < -0.4 is 10.7 Å². The molecule has 4 aromatic rings. The number of carbonyl (C=O) groups is 5. The number of aryl methyl sites for hydroxylation is 1. The highest BCUT2D eigenvalue weighted by molar-refractivity contribution is 7.82. The van der Waals surface area contributed by atoms with Crippen molar-refractivity contribution in [2.24, 2.45) is 11.3 Å². The Balaban J connectivity index is 1.28. The largest absolute Gasteiger partial charge is 0.463 e. The van der Waals surface area contributed by atoms with Crippen molar-refractivity contribution in [1.29, 1.82) is 0 Å². The number of carbonyl (C=O) groups excluding carboxylic acids is 5. The molecule has 5 heterocycles. The number of cyclic esters (lactones) is 1. The fourth-order valence-electron chi connectivity index (χ4n) is 9.37. The molecule has 4 amide bonds. The highest BCUT2D eigenvalue weighted by atomic mass is 32.1. The quantitative estimate of drug-likeness (QED) is 0.0910. The second-order valence-corrected chi connectivity index (χ2v) is 19.6. The van der Waals surface area contributed by atoms with Crippen LogP contribution in [-0.2, 0) is 52.8 Å². The minimum absolute atomic E-state index is 0.0648. The third-order valence-corrected chi connectivity index (χ3v) is 13.4. The van der Waals surface area contributed by atoms with Crippen LogP contribution in [0.2, 0.25) is 0 Å². The molecule has 0 saturated carbocycles. The van der Waals surface area contributed by atoms with Gasteiger partial charge in [0.2, 0.25) is 11.8 Å². The van der Waals surface area contributed by atoms with Gasteiger partial charge in [-0.2, -0.15) is 0 Å². The number of hydrazine groups is 1. The van der Waals surface area contributed by atoms with Gasteiger partial charge in [-0.1, -0.05) is 64.6 Å². The molecule has 0 aliphatic carbocycles. The zero-order chi connectivity index (χ0) is 47.7. The summed E-state index contributed by atoms with van der Waals surface area (Å²) < 4.78 is 19.9. The third-order valence-electron chi connectivity index (χ3n) is 12.9. The molecule has 66 heavy (non-hydrogen) atoms. The van der Waals surface area contributed by atoms with E-state index in [9.17, 15) is 24.0 Å². The summed E-state index contributed by atoms with van der Waals surface area (Å²) in [5, 5.41) is 5.39. The topological polar surface area (TPSA) is 165 Å². The molecule has 6 bridgehead atoms. The number of hydrogen-bond acceptors (Lipinski definition) is 11. The molecular weight excluding hydrogens is 859 g/mol.